The summed E-state index contributed by atoms with van der Waals surface area (Å²) in [7, 11) is 0. The molecule has 2 rings (SSSR count). The van der Waals surface area contributed by atoms with E-state index < -0.39 is 5.97 Å². The first-order valence-corrected chi connectivity index (χ1v) is 6.43. The van der Waals surface area contributed by atoms with E-state index in [9.17, 15) is 9.70 Å². The predicted octanol–water partition coefficient (Wildman–Crippen LogP) is 2.18. The molecule has 0 aliphatic heterocycles. The van der Waals surface area contributed by atoms with E-state index in [4.69, 9.17) is 4.74 Å². The highest BCUT2D eigenvalue weighted by Crippen LogP contribution is 2.32. The molecule has 0 saturated carbocycles. The first-order chi connectivity index (χ1) is 9.19. The summed E-state index contributed by atoms with van der Waals surface area (Å²) < 4.78 is 6.67. The number of ether oxygens (including phenoxy) is 1. The quantitative estimate of drug-likeness (QED) is 0.602. The fourth-order valence-corrected chi connectivity index (χ4v) is 2.39. The maximum Gasteiger partial charge on any atom is 0.359 e. The number of hydrogen-bond donors (Lipinski definition) is 0. The molecule has 6 heteroatoms. The molecule has 0 fully saturated rings. The van der Waals surface area contributed by atoms with Crippen LogP contribution in [0.4, 0.5) is 0 Å². The molecule has 0 radical (unpaired) electrons. The molecule has 0 spiro atoms. The second kappa shape index (κ2) is 5.77. The Morgan fingerprint density at radius 3 is 3.00 bits per heavy atom. The molecular weight excluding hydrogens is 246 g/mol. The monoisotopic (exact) mass is 263 g/mol. The van der Waals surface area contributed by atoms with Gasteiger partial charge in [0.1, 0.15) is 6.54 Å². The van der Waals surface area contributed by atoms with Crippen LogP contribution in [0, 0.1) is 4.91 Å². The van der Waals surface area contributed by atoms with E-state index in [0.717, 1.165) is 36.1 Å². The Kier molecular flexibility index (Phi) is 4.09. The fourth-order valence-electron chi connectivity index (χ4n) is 2.39. The molecule has 1 heterocycles. The molecule has 1 aliphatic carbocycles. The zero-order chi connectivity index (χ0) is 13.8. The lowest BCUT2D eigenvalue weighted by molar-refractivity contribution is 0.0517. The van der Waals surface area contributed by atoms with Crippen molar-refractivity contribution in [3.05, 3.63) is 28.4 Å². The van der Waals surface area contributed by atoms with Crippen LogP contribution in [-0.2, 0) is 17.7 Å². The van der Waals surface area contributed by atoms with Crippen molar-refractivity contribution in [3.8, 4) is 0 Å². The number of nitrogens with zero attached hydrogens (tertiary/aromatic N) is 3. The SMILES string of the molecule is C=C1CCCc2c(C(=O)OCC)nn(CCN=O)c21. The van der Waals surface area contributed by atoms with Gasteiger partial charge >= 0.3 is 5.97 Å². The van der Waals surface area contributed by atoms with Crippen LogP contribution >= 0.6 is 0 Å². The van der Waals surface area contributed by atoms with Gasteiger partial charge in [-0.2, -0.15) is 10.0 Å². The van der Waals surface area contributed by atoms with Crippen molar-refractivity contribution in [2.75, 3.05) is 13.2 Å². The molecule has 0 amide bonds. The Bertz CT molecular complexity index is 519. The molecule has 1 aromatic heterocycles. The van der Waals surface area contributed by atoms with Crippen LogP contribution in [0.2, 0.25) is 0 Å². The van der Waals surface area contributed by atoms with Gasteiger partial charge in [0.2, 0.25) is 0 Å². The number of esters is 1. The number of carbonyl (C=O) groups excluding carboxylic acids is 1. The number of nitroso groups, excluding NO2 is 1. The molecule has 0 saturated heterocycles. The first kappa shape index (κ1) is 13.5. The van der Waals surface area contributed by atoms with E-state index >= 15 is 0 Å². The van der Waals surface area contributed by atoms with Gasteiger partial charge in [-0.1, -0.05) is 11.8 Å². The minimum Gasteiger partial charge on any atom is -0.461 e. The van der Waals surface area contributed by atoms with E-state index in [0.29, 0.717) is 18.8 Å². The number of rotatable bonds is 5. The minimum absolute atomic E-state index is 0.129. The molecule has 0 bridgehead atoms. The Morgan fingerprint density at radius 1 is 1.53 bits per heavy atom. The number of hydrogen-bond acceptors (Lipinski definition) is 5. The lowest BCUT2D eigenvalue weighted by Gasteiger charge is -2.16. The summed E-state index contributed by atoms with van der Waals surface area (Å²) in [4.78, 5) is 22.2. The topological polar surface area (TPSA) is 73.5 Å². The number of allylic oxidation sites excluding steroid dienone is 1. The summed E-state index contributed by atoms with van der Waals surface area (Å²) in [6, 6.07) is 0. The van der Waals surface area contributed by atoms with Gasteiger partial charge in [-0.15, -0.1) is 0 Å². The molecule has 19 heavy (non-hydrogen) atoms. The van der Waals surface area contributed by atoms with Crippen molar-refractivity contribution in [2.45, 2.75) is 32.7 Å². The molecule has 6 nitrogen and oxygen atoms in total. The number of aromatic nitrogens is 2. The third kappa shape index (κ3) is 2.57. The van der Waals surface area contributed by atoms with Crippen LogP contribution in [-0.4, -0.2) is 28.9 Å². The van der Waals surface area contributed by atoms with E-state index in [-0.39, 0.29) is 6.54 Å². The van der Waals surface area contributed by atoms with Crippen molar-refractivity contribution >= 4 is 11.5 Å². The summed E-state index contributed by atoms with van der Waals surface area (Å²) in [6.45, 7) is 6.59. The molecule has 0 aromatic carbocycles. The van der Waals surface area contributed by atoms with Gasteiger partial charge in [-0.3, -0.25) is 4.68 Å². The smallest absolute Gasteiger partial charge is 0.359 e. The molecular formula is C13H17N3O3. The largest absolute Gasteiger partial charge is 0.461 e. The van der Waals surface area contributed by atoms with Crippen LogP contribution < -0.4 is 0 Å². The normalized spacial score (nSPS) is 14.1. The summed E-state index contributed by atoms with van der Waals surface area (Å²) in [6.07, 6.45) is 2.63. The lowest BCUT2D eigenvalue weighted by atomic mass is 9.92. The van der Waals surface area contributed by atoms with Gasteiger partial charge in [0.15, 0.2) is 5.69 Å². The molecule has 1 aliphatic rings. The summed E-state index contributed by atoms with van der Waals surface area (Å²) in [5.74, 6) is -0.411. The van der Waals surface area contributed by atoms with E-state index in [2.05, 4.69) is 16.9 Å². The summed E-state index contributed by atoms with van der Waals surface area (Å²) in [5, 5.41) is 7.12. The van der Waals surface area contributed by atoms with Gasteiger partial charge in [-0.05, 0) is 31.8 Å². The second-order valence-electron chi connectivity index (χ2n) is 4.43. The van der Waals surface area contributed by atoms with Crippen LogP contribution in [0.15, 0.2) is 11.8 Å². The van der Waals surface area contributed by atoms with Crippen LogP contribution in [0.5, 0.6) is 0 Å². The molecule has 0 N–H and O–H groups in total. The third-order valence-corrected chi connectivity index (χ3v) is 3.16. The zero-order valence-electron chi connectivity index (χ0n) is 11.0. The number of carbonyl (C=O) groups is 1. The summed E-state index contributed by atoms with van der Waals surface area (Å²) >= 11 is 0. The maximum atomic E-state index is 11.9. The highest BCUT2D eigenvalue weighted by molar-refractivity contribution is 5.91. The minimum atomic E-state index is -0.411. The van der Waals surface area contributed by atoms with Crippen LogP contribution in [0.3, 0.4) is 0 Å². The summed E-state index contributed by atoms with van der Waals surface area (Å²) in [5.41, 5.74) is 3.07. The Balaban J connectivity index is 2.42. The van der Waals surface area contributed by atoms with Crippen LogP contribution in [0.25, 0.3) is 5.57 Å². The van der Waals surface area contributed by atoms with Crippen molar-refractivity contribution in [3.63, 3.8) is 0 Å². The second-order valence-corrected chi connectivity index (χ2v) is 4.43. The average Bonchev–Trinajstić information content (AvgIpc) is 2.77. The highest BCUT2D eigenvalue weighted by Gasteiger charge is 2.27. The molecule has 1 aromatic rings. The first-order valence-electron chi connectivity index (χ1n) is 6.43. The van der Waals surface area contributed by atoms with Gasteiger partial charge in [-0.25, -0.2) is 4.79 Å². The predicted molar refractivity (Wildman–Crippen MR) is 70.8 cm³/mol. The number of fused-ring (bicyclic) bond motifs is 1. The van der Waals surface area contributed by atoms with E-state index in [1.54, 1.807) is 11.6 Å². The van der Waals surface area contributed by atoms with E-state index in [1.165, 1.54) is 0 Å². The van der Waals surface area contributed by atoms with Crippen LogP contribution in [0.1, 0.15) is 41.5 Å². The average molecular weight is 263 g/mol. The van der Waals surface area contributed by atoms with Gasteiger partial charge < -0.3 is 4.74 Å². The third-order valence-electron chi connectivity index (χ3n) is 3.16. The lowest BCUT2D eigenvalue weighted by Crippen LogP contribution is -2.10. The zero-order valence-corrected chi connectivity index (χ0v) is 11.0. The highest BCUT2D eigenvalue weighted by atomic mass is 16.5. The van der Waals surface area contributed by atoms with Crippen molar-refractivity contribution < 1.29 is 9.53 Å². The maximum absolute atomic E-state index is 11.9. The van der Waals surface area contributed by atoms with Crippen molar-refractivity contribution in [1.29, 1.82) is 0 Å². The Labute approximate surface area is 111 Å². The van der Waals surface area contributed by atoms with Gasteiger partial charge in [0.25, 0.3) is 0 Å². The Hall–Kier alpha value is -1.98. The van der Waals surface area contributed by atoms with Gasteiger partial charge in [0.05, 0.1) is 18.8 Å². The van der Waals surface area contributed by atoms with E-state index in [1.807, 2.05) is 0 Å². The standard InChI is InChI=1S/C13H17N3O3/c1-3-19-13(17)11-10-6-4-5-9(2)12(10)16(15-11)8-7-14-18/h2-8H2,1H3. The van der Waals surface area contributed by atoms with Crippen molar-refractivity contribution in [1.82, 2.24) is 9.78 Å². The molecule has 102 valence electrons. The Morgan fingerprint density at radius 2 is 2.32 bits per heavy atom. The fraction of sp³-hybridized carbons (Fsp3) is 0.538. The van der Waals surface area contributed by atoms with Crippen molar-refractivity contribution in [2.24, 2.45) is 5.18 Å². The molecule has 0 unspecified atom stereocenters. The molecule has 0 atom stereocenters. The van der Waals surface area contributed by atoms with Gasteiger partial charge in [0, 0.05) is 5.56 Å².